The van der Waals surface area contributed by atoms with Gasteiger partial charge >= 0.3 is 0 Å². The summed E-state index contributed by atoms with van der Waals surface area (Å²) < 4.78 is 26.2. The highest BCUT2D eigenvalue weighted by atomic mass is 32.2. The Balaban J connectivity index is 2.12. The Morgan fingerprint density at radius 3 is 2.52 bits per heavy atom. The van der Waals surface area contributed by atoms with Gasteiger partial charge in [0, 0.05) is 23.2 Å². The summed E-state index contributed by atoms with van der Waals surface area (Å²) in [4.78, 5) is 26.8. The zero-order valence-corrected chi connectivity index (χ0v) is 11.6. The third-order valence-corrected chi connectivity index (χ3v) is 5.03. The number of rotatable bonds is 2. The lowest BCUT2D eigenvalue weighted by Gasteiger charge is -2.25. The van der Waals surface area contributed by atoms with E-state index >= 15 is 0 Å². The van der Waals surface area contributed by atoms with Crippen LogP contribution in [0.2, 0.25) is 0 Å². The molecule has 1 aromatic heterocycles. The molecule has 1 aliphatic heterocycles. The minimum absolute atomic E-state index is 0.0601. The molecule has 0 spiro atoms. The second kappa shape index (κ2) is 4.90. The van der Waals surface area contributed by atoms with Crippen LogP contribution in [0.25, 0.3) is 10.8 Å². The van der Waals surface area contributed by atoms with E-state index in [0.717, 1.165) is 4.31 Å². The van der Waals surface area contributed by atoms with Crippen LogP contribution in [0.15, 0.2) is 41.6 Å². The Hall–Kier alpha value is -2.32. The number of sulfonamides is 1. The van der Waals surface area contributed by atoms with Crippen LogP contribution in [-0.4, -0.2) is 42.6 Å². The van der Waals surface area contributed by atoms with Crippen molar-refractivity contribution in [2.75, 3.05) is 13.1 Å². The summed E-state index contributed by atoms with van der Waals surface area (Å²) in [5.41, 5.74) is 0. The summed E-state index contributed by atoms with van der Waals surface area (Å²) in [6, 6.07) is 6.39. The molecule has 0 saturated carbocycles. The number of piperazine rings is 1. The second-order valence-electron chi connectivity index (χ2n) is 4.60. The fraction of sp³-hybridized carbons (Fsp3) is 0.154. The largest absolute Gasteiger partial charge is 0.294 e. The molecule has 7 nitrogen and oxygen atoms in total. The van der Waals surface area contributed by atoms with E-state index < -0.39 is 21.8 Å². The summed E-state index contributed by atoms with van der Waals surface area (Å²) in [6.45, 7) is -0.731. The number of benzene rings is 1. The first-order chi connectivity index (χ1) is 9.98. The summed E-state index contributed by atoms with van der Waals surface area (Å²) in [5, 5.41) is 3.25. The van der Waals surface area contributed by atoms with Gasteiger partial charge in [-0.05, 0) is 12.1 Å². The minimum Gasteiger partial charge on any atom is -0.294 e. The first kappa shape index (κ1) is 13.7. The number of pyridine rings is 1. The average Bonchev–Trinajstić information content (AvgIpc) is 2.45. The smallest absolute Gasteiger partial charge is 0.244 e. The van der Waals surface area contributed by atoms with Crippen molar-refractivity contribution < 1.29 is 18.0 Å². The van der Waals surface area contributed by atoms with E-state index in [0.29, 0.717) is 10.8 Å². The van der Waals surface area contributed by atoms with Gasteiger partial charge in [-0.2, -0.15) is 4.31 Å². The van der Waals surface area contributed by atoms with Gasteiger partial charge in [0.15, 0.2) is 0 Å². The third kappa shape index (κ3) is 2.39. The zero-order valence-electron chi connectivity index (χ0n) is 10.8. The average molecular weight is 305 g/mol. The van der Waals surface area contributed by atoms with Crippen LogP contribution in [0, 0.1) is 0 Å². The van der Waals surface area contributed by atoms with Crippen molar-refractivity contribution in [3.63, 3.8) is 0 Å². The summed E-state index contributed by atoms with van der Waals surface area (Å²) in [7, 11) is -3.93. The monoisotopic (exact) mass is 305 g/mol. The molecule has 2 amide bonds. The van der Waals surface area contributed by atoms with E-state index in [4.69, 9.17) is 0 Å². The number of amides is 2. The predicted molar refractivity (Wildman–Crippen MR) is 73.7 cm³/mol. The molecular formula is C13H11N3O4S. The SMILES string of the molecule is O=C1CN(S(=O)(=O)c2cccc3cnccc23)CC(=O)N1. The van der Waals surface area contributed by atoms with E-state index in [1.54, 1.807) is 24.4 Å². The van der Waals surface area contributed by atoms with Crippen molar-refractivity contribution in [3.8, 4) is 0 Å². The van der Waals surface area contributed by atoms with E-state index in [1.807, 2.05) is 0 Å². The predicted octanol–water partition coefficient (Wildman–Crippen LogP) is -0.118. The highest BCUT2D eigenvalue weighted by molar-refractivity contribution is 7.89. The van der Waals surface area contributed by atoms with Gasteiger partial charge in [0.25, 0.3) is 0 Å². The molecule has 0 aliphatic carbocycles. The minimum atomic E-state index is -3.93. The Morgan fingerprint density at radius 1 is 1.10 bits per heavy atom. The highest BCUT2D eigenvalue weighted by Crippen LogP contribution is 2.25. The van der Waals surface area contributed by atoms with Gasteiger partial charge in [-0.3, -0.25) is 19.9 Å². The Kier molecular flexibility index (Phi) is 3.19. The van der Waals surface area contributed by atoms with E-state index in [1.165, 1.54) is 12.3 Å². The van der Waals surface area contributed by atoms with E-state index in [9.17, 15) is 18.0 Å². The maximum atomic E-state index is 12.7. The van der Waals surface area contributed by atoms with Crippen molar-refractivity contribution in [1.82, 2.24) is 14.6 Å². The standard InChI is InChI=1S/C13H11N3O4S/c17-12-7-16(8-13(18)15-12)21(19,20)11-3-1-2-9-6-14-5-4-10(9)11/h1-6H,7-8H2,(H,15,17,18). The summed E-state index contributed by atoms with van der Waals surface area (Å²) >= 11 is 0. The molecule has 1 fully saturated rings. The highest BCUT2D eigenvalue weighted by Gasteiger charge is 2.33. The topological polar surface area (TPSA) is 96.4 Å². The normalized spacial score (nSPS) is 17.0. The lowest BCUT2D eigenvalue weighted by molar-refractivity contribution is -0.134. The van der Waals surface area contributed by atoms with Crippen molar-refractivity contribution >= 4 is 32.6 Å². The van der Waals surface area contributed by atoms with Crippen molar-refractivity contribution in [2.24, 2.45) is 0 Å². The Bertz CT molecular complexity index is 826. The van der Waals surface area contributed by atoms with Crippen LogP contribution in [-0.2, 0) is 19.6 Å². The quantitative estimate of drug-likeness (QED) is 0.780. The van der Waals surface area contributed by atoms with E-state index in [-0.39, 0.29) is 18.0 Å². The maximum Gasteiger partial charge on any atom is 0.244 e. The molecule has 1 saturated heterocycles. The fourth-order valence-corrected chi connectivity index (χ4v) is 3.80. The fourth-order valence-electron chi connectivity index (χ4n) is 2.24. The molecule has 0 radical (unpaired) electrons. The van der Waals surface area contributed by atoms with Gasteiger partial charge < -0.3 is 0 Å². The number of carbonyl (C=O) groups excluding carboxylic acids is 2. The third-order valence-electron chi connectivity index (χ3n) is 3.18. The molecule has 2 heterocycles. The molecule has 21 heavy (non-hydrogen) atoms. The molecule has 0 unspecified atom stereocenters. The molecule has 3 rings (SSSR count). The van der Waals surface area contributed by atoms with Gasteiger partial charge in [0.05, 0.1) is 18.0 Å². The van der Waals surface area contributed by atoms with Crippen LogP contribution < -0.4 is 5.32 Å². The summed E-state index contributed by atoms with van der Waals surface area (Å²) in [6.07, 6.45) is 3.05. The molecule has 1 aliphatic rings. The number of nitrogens with one attached hydrogen (secondary N) is 1. The number of imide groups is 1. The molecule has 1 aromatic carbocycles. The molecule has 108 valence electrons. The van der Waals surface area contributed by atoms with Gasteiger partial charge in [0.1, 0.15) is 0 Å². The van der Waals surface area contributed by atoms with Gasteiger partial charge in [0.2, 0.25) is 21.8 Å². The Labute approximate surface area is 120 Å². The zero-order chi connectivity index (χ0) is 15.0. The molecule has 0 atom stereocenters. The molecular weight excluding hydrogens is 294 g/mol. The van der Waals surface area contributed by atoms with Crippen LogP contribution in [0.3, 0.4) is 0 Å². The first-order valence-electron chi connectivity index (χ1n) is 6.14. The van der Waals surface area contributed by atoms with Crippen LogP contribution in [0.1, 0.15) is 0 Å². The van der Waals surface area contributed by atoms with Crippen molar-refractivity contribution in [1.29, 1.82) is 0 Å². The van der Waals surface area contributed by atoms with Crippen LogP contribution in [0.4, 0.5) is 0 Å². The van der Waals surface area contributed by atoms with Gasteiger partial charge in [-0.25, -0.2) is 8.42 Å². The van der Waals surface area contributed by atoms with Crippen LogP contribution in [0.5, 0.6) is 0 Å². The number of fused-ring (bicyclic) bond motifs is 1. The number of carbonyl (C=O) groups is 2. The van der Waals surface area contributed by atoms with Crippen molar-refractivity contribution in [2.45, 2.75) is 4.90 Å². The van der Waals surface area contributed by atoms with Gasteiger partial charge in [-0.1, -0.05) is 12.1 Å². The molecule has 2 aromatic rings. The summed E-state index contributed by atoms with van der Waals surface area (Å²) in [5.74, 6) is -1.26. The van der Waals surface area contributed by atoms with Crippen LogP contribution >= 0.6 is 0 Å². The number of nitrogens with zero attached hydrogens (tertiary/aromatic N) is 2. The number of hydrogen-bond acceptors (Lipinski definition) is 5. The maximum absolute atomic E-state index is 12.7. The second-order valence-corrected chi connectivity index (χ2v) is 6.50. The Morgan fingerprint density at radius 2 is 1.81 bits per heavy atom. The lowest BCUT2D eigenvalue weighted by atomic mass is 10.2. The molecule has 8 heteroatoms. The van der Waals surface area contributed by atoms with E-state index in [2.05, 4.69) is 10.3 Å². The molecule has 1 N–H and O–H groups in total. The van der Waals surface area contributed by atoms with Crippen molar-refractivity contribution in [3.05, 3.63) is 36.7 Å². The number of hydrogen-bond donors (Lipinski definition) is 1. The number of aromatic nitrogens is 1. The lowest BCUT2D eigenvalue weighted by Crippen LogP contribution is -2.53. The molecule has 0 bridgehead atoms. The first-order valence-corrected chi connectivity index (χ1v) is 7.58. The van der Waals surface area contributed by atoms with Gasteiger partial charge in [-0.15, -0.1) is 0 Å².